The first-order valence-electron chi connectivity index (χ1n) is 7.29. The highest BCUT2D eigenvalue weighted by molar-refractivity contribution is 5.85. The van der Waals surface area contributed by atoms with Gasteiger partial charge in [0.05, 0.1) is 5.41 Å². The van der Waals surface area contributed by atoms with Gasteiger partial charge >= 0.3 is 5.97 Å². The molecule has 0 radical (unpaired) electrons. The number of carboxylic acids is 1. The van der Waals surface area contributed by atoms with E-state index in [9.17, 15) is 23.5 Å². The van der Waals surface area contributed by atoms with Crippen molar-refractivity contribution in [3.63, 3.8) is 0 Å². The molecule has 118 valence electrons. The minimum atomic E-state index is -0.903. The van der Waals surface area contributed by atoms with Gasteiger partial charge in [0.15, 0.2) is 0 Å². The molecule has 1 aromatic carbocycles. The van der Waals surface area contributed by atoms with E-state index in [0.29, 0.717) is 24.9 Å². The Hall–Kier alpha value is -1.98. The van der Waals surface area contributed by atoms with Gasteiger partial charge in [0.2, 0.25) is 5.91 Å². The van der Waals surface area contributed by atoms with Gasteiger partial charge in [-0.1, -0.05) is 6.07 Å². The van der Waals surface area contributed by atoms with Gasteiger partial charge in [-0.05, 0) is 37.3 Å². The number of nitrogens with zero attached hydrogens (tertiary/aromatic N) is 1. The van der Waals surface area contributed by atoms with Crippen molar-refractivity contribution in [3.05, 3.63) is 35.4 Å². The maximum absolute atomic E-state index is 13.7. The van der Waals surface area contributed by atoms with E-state index in [-0.39, 0.29) is 24.3 Å². The maximum Gasteiger partial charge on any atom is 0.311 e. The lowest BCUT2D eigenvalue weighted by molar-refractivity contribution is -0.147. The van der Waals surface area contributed by atoms with E-state index in [1.807, 2.05) is 0 Å². The van der Waals surface area contributed by atoms with E-state index in [1.54, 1.807) is 11.8 Å². The minimum Gasteiger partial charge on any atom is -0.481 e. The van der Waals surface area contributed by atoms with Crippen LogP contribution in [0.25, 0.3) is 0 Å². The molecule has 3 atom stereocenters. The molecule has 1 amide bonds. The van der Waals surface area contributed by atoms with Gasteiger partial charge in [0, 0.05) is 25.1 Å². The highest BCUT2D eigenvalue weighted by atomic mass is 19.1. The summed E-state index contributed by atoms with van der Waals surface area (Å²) in [4.78, 5) is 25.2. The lowest BCUT2D eigenvalue weighted by atomic mass is 9.90. The molecule has 1 N–H and O–H groups in total. The molecule has 3 rings (SSSR count). The second kappa shape index (κ2) is 5.04. The lowest BCUT2D eigenvalue weighted by Crippen LogP contribution is -2.35. The van der Waals surface area contributed by atoms with Gasteiger partial charge in [-0.15, -0.1) is 0 Å². The smallest absolute Gasteiger partial charge is 0.311 e. The average molecular weight is 309 g/mol. The Morgan fingerprint density at radius 3 is 2.68 bits per heavy atom. The Kier molecular flexibility index (Phi) is 3.42. The number of amides is 1. The third-order valence-corrected chi connectivity index (χ3v) is 4.77. The number of carbonyl (C=O) groups is 2. The summed E-state index contributed by atoms with van der Waals surface area (Å²) in [6.07, 6.45) is 0.956. The summed E-state index contributed by atoms with van der Waals surface area (Å²) in [6, 6.07) is 3.40. The number of benzene rings is 1. The minimum absolute atomic E-state index is 0.126. The van der Waals surface area contributed by atoms with Crippen LogP contribution in [-0.4, -0.2) is 35.0 Å². The van der Waals surface area contributed by atoms with Crippen molar-refractivity contribution in [2.45, 2.75) is 25.7 Å². The van der Waals surface area contributed by atoms with E-state index in [2.05, 4.69) is 0 Å². The SMILES string of the molecule is C[C@]1(C(=O)O)CCN(C(=O)[C@H]2C[C@H]2c2ccc(F)cc2F)C1. The van der Waals surface area contributed by atoms with Crippen molar-refractivity contribution >= 4 is 11.9 Å². The monoisotopic (exact) mass is 309 g/mol. The van der Waals surface area contributed by atoms with Gasteiger partial charge in [-0.2, -0.15) is 0 Å². The van der Waals surface area contributed by atoms with E-state index in [4.69, 9.17) is 0 Å². The topological polar surface area (TPSA) is 57.6 Å². The summed E-state index contributed by atoms with van der Waals surface area (Å²) >= 11 is 0. The fraction of sp³-hybridized carbons (Fsp3) is 0.500. The van der Waals surface area contributed by atoms with Gasteiger partial charge in [0.25, 0.3) is 0 Å². The summed E-state index contributed by atoms with van der Waals surface area (Å²) in [5.74, 6) is -2.85. The van der Waals surface area contributed by atoms with Crippen LogP contribution in [0.2, 0.25) is 0 Å². The molecule has 22 heavy (non-hydrogen) atoms. The van der Waals surface area contributed by atoms with Gasteiger partial charge in [0.1, 0.15) is 11.6 Å². The first-order valence-corrected chi connectivity index (χ1v) is 7.29. The molecular formula is C16H17F2NO3. The van der Waals surface area contributed by atoms with Crippen molar-refractivity contribution in [1.29, 1.82) is 0 Å². The summed E-state index contributed by atoms with van der Waals surface area (Å²) in [5.41, 5.74) is -0.541. The normalized spacial score (nSPS) is 30.4. The number of aliphatic carboxylic acids is 1. The molecule has 0 aromatic heterocycles. The van der Waals surface area contributed by atoms with Crippen molar-refractivity contribution < 1.29 is 23.5 Å². The molecule has 0 unspecified atom stereocenters. The molecule has 4 nitrogen and oxygen atoms in total. The first-order chi connectivity index (χ1) is 10.3. The number of rotatable bonds is 3. The zero-order valence-corrected chi connectivity index (χ0v) is 12.2. The number of carbonyl (C=O) groups excluding carboxylic acids is 1. The lowest BCUT2D eigenvalue weighted by Gasteiger charge is -2.20. The molecule has 6 heteroatoms. The maximum atomic E-state index is 13.7. The van der Waals surface area contributed by atoms with Crippen LogP contribution in [0.4, 0.5) is 8.78 Å². The summed E-state index contributed by atoms with van der Waals surface area (Å²) in [6.45, 7) is 2.24. The second-order valence-corrected chi connectivity index (χ2v) is 6.49. The van der Waals surface area contributed by atoms with Crippen LogP contribution in [0.3, 0.4) is 0 Å². The summed E-state index contributed by atoms with van der Waals surface area (Å²) < 4.78 is 26.7. The molecule has 1 aliphatic heterocycles. The Morgan fingerprint density at radius 2 is 2.09 bits per heavy atom. The molecule has 0 bridgehead atoms. The molecule has 1 saturated heterocycles. The van der Waals surface area contributed by atoms with Crippen LogP contribution >= 0.6 is 0 Å². The highest BCUT2D eigenvalue weighted by Crippen LogP contribution is 2.50. The number of likely N-dealkylation sites (tertiary alicyclic amines) is 1. The Balaban J connectivity index is 1.68. The summed E-state index contributed by atoms with van der Waals surface area (Å²) in [5, 5.41) is 9.20. The molecule has 1 aliphatic carbocycles. The van der Waals surface area contributed by atoms with Gasteiger partial charge in [-0.25, -0.2) is 8.78 Å². The van der Waals surface area contributed by atoms with Gasteiger partial charge in [-0.3, -0.25) is 9.59 Å². The van der Waals surface area contributed by atoms with Crippen molar-refractivity contribution in [2.24, 2.45) is 11.3 Å². The number of hydrogen-bond acceptors (Lipinski definition) is 2. The van der Waals surface area contributed by atoms with Crippen LogP contribution in [0, 0.1) is 23.0 Å². The first kappa shape index (κ1) is 14.9. The molecule has 1 aromatic rings. The molecule has 2 fully saturated rings. The van der Waals surface area contributed by atoms with E-state index in [0.717, 1.165) is 6.07 Å². The van der Waals surface area contributed by atoms with E-state index in [1.165, 1.54) is 12.1 Å². The third kappa shape index (κ3) is 2.46. The van der Waals surface area contributed by atoms with Crippen LogP contribution in [0.1, 0.15) is 31.2 Å². The average Bonchev–Trinajstić information content (AvgIpc) is 3.12. The van der Waals surface area contributed by atoms with Crippen LogP contribution in [0.5, 0.6) is 0 Å². The van der Waals surface area contributed by atoms with Gasteiger partial charge < -0.3 is 10.0 Å². The fourth-order valence-corrected chi connectivity index (χ4v) is 3.17. The van der Waals surface area contributed by atoms with E-state index < -0.39 is 23.0 Å². The quantitative estimate of drug-likeness (QED) is 0.932. The summed E-state index contributed by atoms with van der Waals surface area (Å²) in [7, 11) is 0. The van der Waals surface area contributed by atoms with E-state index >= 15 is 0 Å². The molecule has 2 aliphatic rings. The predicted molar refractivity (Wildman–Crippen MR) is 74.1 cm³/mol. The van der Waals surface area contributed by atoms with Crippen molar-refractivity contribution in [1.82, 2.24) is 4.90 Å². The van der Waals surface area contributed by atoms with Crippen LogP contribution in [-0.2, 0) is 9.59 Å². The fourth-order valence-electron chi connectivity index (χ4n) is 3.17. The molecule has 1 heterocycles. The Morgan fingerprint density at radius 1 is 1.36 bits per heavy atom. The second-order valence-electron chi connectivity index (χ2n) is 6.49. The molecule has 0 spiro atoms. The number of halogens is 2. The third-order valence-electron chi connectivity index (χ3n) is 4.77. The molecular weight excluding hydrogens is 292 g/mol. The largest absolute Gasteiger partial charge is 0.481 e. The Bertz CT molecular complexity index is 648. The van der Waals surface area contributed by atoms with Crippen molar-refractivity contribution in [3.8, 4) is 0 Å². The zero-order chi connectivity index (χ0) is 16.1. The number of carboxylic acid groups (broad SMARTS) is 1. The standard InChI is InChI=1S/C16H17F2NO3/c1-16(15(21)22)4-5-19(8-16)14(20)12-7-11(12)10-3-2-9(17)6-13(10)18/h2-3,6,11-12H,4-5,7-8H2,1H3,(H,21,22)/t11-,12-,16-/m0/s1. The number of hydrogen-bond donors (Lipinski definition) is 1. The predicted octanol–water partition coefficient (Wildman–Crippen LogP) is 2.39. The molecule has 1 saturated carbocycles. The highest BCUT2D eigenvalue weighted by Gasteiger charge is 2.50. The van der Waals surface area contributed by atoms with Crippen LogP contribution in [0.15, 0.2) is 18.2 Å². The van der Waals surface area contributed by atoms with Crippen molar-refractivity contribution in [2.75, 3.05) is 13.1 Å². The zero-order valence-electron chi connectivity index (χ0n) is 12.2. The van der Waals surface area contributed by atoms with Crippen LogP contribution < -0.4 is 0 Å². The Labute approximate surface area is 126 Å².